The molecule has 0 saturated carbocycles. The Balaban J connectivity index is 2.34. The van der Waals surface area contributed by atoms with Gasteiger partial charge in [-0.05, 0) is 25.0 Å². The molecule has 0 bridgehead atoms. The summed E-state index contributed by atoms with van der Waals surface area (Å²) >= 11 is 5.76. The van der Waals surface area contributed by atoms with Crippen molar-refractivity contribution < 1.29 is 0 Å². The zero-order valence-corrected chi connectivity index (χ0v) is 13.4. The third kappa shape index (κ3) is 6.75. The Morgan fingerprint density at radius 3 is 2.80 bits per heavy atom. The first-order valence-electron chi connectivity index (χ1n) is 7.23. The fourth-order valence-corrected chi connectivity index (χ4v) is 2.01. The van der Waals surface area contributed by atoms with Crippen LogP contribution in [0.15, 0.2) is 23.3 Å². The Bertz CT molecular complexity index is 403. The van der Waals surface area contributed by atoms with Gasteiger partial charge in [0.2, 0.25) is 0 Å². The highest BCUT2D eigenvalue weighted by atomic mass is 35.5. The maximum absolute atomic E-state index is 5.76. The lowest BCUT2D eigenvalue weighted by Crippen LogP contribution is -2.41. The second kappa shape index (κ2) is 9.59. The Morgan fingerprint density at radius 2 is 2.20 bits per heavy atom. The largest absolute Gasteiger partial charge is 0.354 e. The van der Waals surface area contributed by atoms with E-state index in [1.165, 1.54) is 19.3 Å². The number of hydrogen-bond acceptors (Lipinski definition) is 2. The molecule has 0 radical (unpaired) electrons. The normalized spacial score (nSPS) is 13.1. The monoisotopic (exact) mass is 296 g/mol. The molecule has 2 N–H and O–H groups in total. The van der Waals surface area contributed by atoms with Crippen LogP contribution in [0, 0.1) is 0 Å². The highest BCUT2D eigenvalue weighted by Crippen LogP contribution is 2.05. The van der Waals surface area contributed by atoms with E-state index in [0.717, 1.165) is 17.9 Å². The van der Waals surface area contributed by atoms with Crippen molar-refractivity contribution >= 4 is 17.6 Å². The van der Waals surface area contributed by atoms with Crippen LogP contribution < -0.4 is 10.6 Å². The van der Waals surface area contributed by atoms with Crippen molar-refractivity contribution in [3.8, 4) is 0 Å². The predicted octanol–water partition coefficient (Wildman–Crippen LogP) is 3.37. The summed E-state index contributed by atoms with van der Waals surface area (Å²) in [4.78, 5) is 8.30. The molecule has 1 unspecified atom stereocenters. The van der Waals surface area contributed by atoms with Gasteiger partial charge in [0.15, 0.2) is 5.96 Å². The van der Waals surface area contributed by atoms with E-state index in [0.29, 0.717) is 17.7 Å². The standard InChI is InChI=1S/C15H25ClN4/c1-4-5-6-7-12(2)20-15(17-3)19-11-13-8-9-14(16)18-10-13/h8-10,12H,4-7,11H2,1-3H3,(H2,17,19,20). The number of guanidine groups is 1. The van der Waals surface area contributed by atoms with Crippen molar-refractivity contribution in [2.45, 2.75) is 52.1 Å². The molecule has 1 heterocycles. The van der Waals surface area contributed by atoms with Gasteiger partial charge in [0.25, 0.3) is 0 Å². The Labute approximate surface area is 127 Å². The number of hydrogen-bond donors (Lipinski definition) is 2. The number of aliphatic imine (C=N–C) groups is 1. The summed E-state index contributed by atoms with van der Waals surface area (Å²) in [6.45, 7) is 5.09. The molecule has 0 saturated heterocycles. The van der Waals surface area contributed by atoms with Gasteiger partial charge in [0, 0.05) is 25.8 Å². The van der Waals surface area contributed by atoms with Crippen LogP contribution >= 0.6 is 11.6 Å². The smallest absolute Gasteiger partial charge is 0.191 e. The van der Waals surface area contributed by atoms with E-state index in [1.807, 2.05) is 6.07 Å². The minimum Gasteiger partial charge on any atom is -0.354 e. The van der Waals surface area contributed by atoms with Crippen molar-refractivity contribution in [2.24, 2.45) is 4.99 Å². The molecular weight excluding hydrogens is 272 g/mol. The number of halogens is 1. The zero-order chi connectivity index (χ0) is 14.8. The summed E-state index contributed by atoms with van der Waals surface area (Å²) in [7, 11) is 1.79. The van der Waals surface area contributed by atoms with Gasteiger partial charge in [-0.25, -0.2) is 4.98 Å². The minimum absolute atomic E-state index is 0.427. The number of rotatable bonds is 7. The third-order valence-electron chi connectivity index (χ3n) is 3.10. The van der Waals surface area contributed by atoms with Crippen LogP contribution in [0.25, 0.3) is 0 Å². The van der Waals surface area contributed by atoms with Crippen molar-refractivity contribution in [3.63, 3.8) is 0 Å². The van der Waals surface area contributed by atoms with Gasteiger partial charge in [0.05, 0.1) is 0 Å². The summed E-state index contributed by atoms with van der Waals surface area (Å²) in [5, 5.41) is 7.20. The van der Waals surface area contributed by atoms with Crippen LogP contribution in [0.5, 0.6) is 0 Å². The summed E-state index contributed by atoms with van der Waals surface area (Å²) in [5.41, 5.74) is 1.08. The van der Waals surface area contributed by atoms with E-state index in [9.17, 15) is 0 Å². The molecule has 0 amide bonds. The second-order valence-electron chi connectivity index (χ2n) is 4.96. The number of nitrogens with zero attached hydrogens (tertiary/aromatic N) is 2. The quantitative estimate of drug-likeness (QED) is 0.351. The van der Waals surface area contributed by atoms with Crippen LogP contribution in [-0.4, -0.2) is 24.0 Å². The van der Waals surface area contributed by atoms with Crippen molar-refractivity contribution in [1.29, 1.82) is 0 Å². The van der Waals surface area contributed by atoms with Gasteiger partial charge in [-0.1, -0.05) is 43.9 Å². The van der Waals surface area contributed by atoms with Gasteiger partial charge in [-0.3, -0.25) is 4.99 Å². The summed E-state index contributed by atoms with van der Waals surface area (Å²) in [6, 6.07) is 4.18. The molecule has 0 aliphatic rings. The molecule has 1 aromatic rings. The van der Waals surface area contributed by atoms with Gasteiger partial charge < -0.3 is 10.6 Å². The molecule has 0 aliphatic heterocycles. The summed E-state index contributed by atoms with van der Waals surface area (Å²) in [5.74, 6) is 0.823. The lowest BCUT2D eigenvalue weighted by Gasteiger charge is -2.17. The average molecular weight is 297 g/mol. The SMILES string of the molecule is CCCCCC(C)NC(=NC)NCc1ccc(Cl)nc1. The van der Waals surface area contributed by atoms with E-state index in [2.05, 4.69) is 34.5 Å². The summed E-state index contributed by atoms with van der Waals surface area (Å²) < 4.78 is 0. The van der Waals surface area contributed by atoms with E-state index in [1.54, 1.807) is 19.3 Å². The second-order valence-corrected chi connectivity index (χ2v) is 5.34. The van der Waals surface area contributed by atoms with E-state index in [4.69, 9.17) is 11.6 Å². The molecule has 0 aliphatic carbocycles. The first kappa shape index (κ1) is 16.8. The Morgan fingerprint density at radius 1 is 1.40 bits per heavy atom. The first-order valence-corrected chi connectivity index (χ1v) is 7.61. The van der Waals surface area contributed by atoms with Crippen LogP contribution in [0.3, 0.4) is 0 Å². The van der Waals surface area contributed by atoms with Crippen molar-refractivity contribution in [2.75, 3.05) is 7.05 Å². The Hall–Kier alpha value is -1.29. The van der Waals surface area contributed by atoms with E-state index < -0.39 is 0 Å². The molecule has 0 aromatic carbocycles. The Kier molecular flexibility index (Phi) is 8.04. The van der Waals surface area contributed by atoms with Gasteiger partial charge in [-0.15, -0.1) is 0 Å². The summed E-state index contributed by atoms with van der Waals surface area (Å²) in [6.07, 6.45) is 6.73. The van der Waals surface area contributed by atoms with Gasteiger partial charge in [-0.2, -0.15) is 0 Å². The number of aromatic nitrogens is 1. The molecule has 1 rings (SSSR count). The molecule has 0 spiro atoms. The van der Waals surface area contributed by atoms with Crippen molar-refractivity contribution in [1.82, 2.24) is 15.6 Å². The van der Waals surface area contributed by atoms with E-state index >= 15 is 0 Å². The molecule has 5 heteroatoms. The fourth-order valence-electron chi connectivity index (χ4n) is 1.90. The molecule has 0 fully saturated rings. The highest BCUT2D eigenvalue weighted by Gasteiger charge is 2.04. The fraction of sp³-hybridized carbons (Fsp3) is 0.600. The van der Waals surface area contributed by atoms with Crippen LogP contribution in [0.1, 0.15) is 45.1 Å². The molecule has 112 valence electrons. The molecule has 20 heavy (non-hydrogen) atoms. The molecule has 1 atom stereocenters. The van der Waals surface area contributed by atoms with Crippen molar-refractivity contribution in [3.05, 3.63) is 29.0 Å². The zero-order valence-electron chi connectivity index (χ0n) is 12.6. The molecular formula is C15H25ClN4. The molecule has 1 aromatic heterocycles. The predicted molar refractivity (Wildman–Crippen MR) is 86.2 cm³/mol. The van der Waals surface area contributed by atoms with Crippen LogP contribution in [-0.2, 0) is 6.54 Å². The number of unbranched alkanes of at least 4 members (excludes halogenated alkanes) is 2. The average Bonchev–Trinajstić information content (AvgIpc) is 2.45. The lowest BCUT2D eigenvalue weighted by atomic mass is 10.1. The highest BCUT2D eigenvalue weighted by molar-refractivity contribution is 6.29. The topological polar surface area (TPSA) is 49.3 Å². The molecule has 4 nitrogen and oxygen atoms in total. The first-order chi connectivity index (χ1) is 9.65. The lowest BCUT2D eigenvalue weighted by molar-refractivity contribution is 0.546. The van der Waals surface area contributed by atoms with Gasteiger partial charge in [0.1, 0.15) is 5.15 Å². The third-order valence-corrected chi connectivity index (χ3v) is 3.32. The maximum Gasteiger partial charge on any atom is 0.191 e. The number of pyridine rings is 1. The van der Waals surface area contributed by atoms with Crippen LogP contribution in [0.4, 0.5) is 0 Å². The maximum atomic E-state index is 5.76. The van der Waals surface area contributed by atoms with Crippen LogP contribution in [0.2, 0.25) is 5.15 Å². The minimum atomic E-state index is 0.427. The van der Waals surface area contributed by atoms with E-state index in [-0.39, 0.29) is 0 Å². The number of nitrogens with one attached hydrogen (secondary N) is 2. The van der Waals surface area contributed by atoms with Gasteiger partial charge >= 0.3 is 0 Å².